The van der Waals surface area contributed by atoms with Crippen LogP contribution in [0.25, 0.3) is 10.9 Å². The number of rotatable bonds is 2. The predicted molar refractivity (Wildman–Crippen MR) is 79.1 cm³/mol. The summed E-state index contributed by atoms with van der Waals surface area (Å²) < 4.78 is 38.6. The predicted octanol–water partition coefficient (Wildman–Crippen LogP) is 5.34. The van der Waals surface area contributed by atoms with Gasteiger partial charge in [0.1, 0.15) is 0 Å². The van der Waals surface area contributed by atoms with Gasteiger partial charge in [-0.15, -0.1) is 0 Å². The van der Waals surface area contributed by atoms with Gasteiger partial charge in [-0.3, -0.25) is 0 Å². The molecule has 1 N–H and O–H groups in total. The smallest absolute Gasteiger partial charge is 0.353 e. The number of alkyl halides is 3. The second kappa shape index (κ2) is 5.22. The number of fused-ring (bicyclic) bond motifs is 1. The zero-order valence-electron chi connectivity index (χ0n) is 10.8. The van der Waals surface area contributed by atoms with Gasteiger partial charge < -0.3 is 4.98 Å². The third-order valence-electron chi connectivity index (χ3n) is 3.37. The number of halogens is 4. The highest BCUT2D eigenvalue weighted by atomic mass is 79.9. The second-order valence-corrected chi connectivity index (χ2v) is 5.63. The Morgan fingerprint density at radius 2 is 1.76 bits per heavy atom. The molecule has 0 atom stereocenters. The van der Waals surface area contributed by atoms with Crippen LogP contribution in [0.4, 0.5) is 13.2 Å². The average Bonchev–Trinajstić information content (AvgIpc) is 2.90. The Morgan fingerprint density at radius 3 is 2.43 bits per heavy atom. The lowest BCUT2D eigenvalue weighted by atomic mass is 10.0. The monoisotopic (exact) mass is 352 g/mol. The molecule has 0 aliphatic heterocycles. The maximum atomic E-state index is 12.6. The van der Waals surface area contributed by atoms with Crippen molar-refractivity contribution in [2.75, 3.05) is 0 Å². The normalized spacial score (nSPS) is 12.0. The molecule has 0 aliphatic rings. The number of aromatic amines is 1. The minimum atomic E-state index is -4.30. The van der Waals surface area contributed by atoms with Crippen LogP contribution in [0.2, 0.25) is 0 Å². The summed E-state index contributed by atoms with van der Waals surface area (Å²) in [5.74, 6) is 0. The minimum absolute atomic E-state index is 0.546. The topological polar surface area (TPSA) is 15.8 Å². The molecular formula is C16H10BrF3N. The third kappa shape index (κ3) is 2.83. The molecule has 0 fully saturated rings. The Bertz CT molecular complexity index is 772. The van der Waals surface area contributed by atoms with E-state index in [2.05, 4.69) is 27.1 Å². The van der Waals surface area contributed by atoms with Gasteiger partial charge in [-0.05, 0) is 35.4 Å². The summed E-state index contributed by atoms with van der Waals surface area (Å²) in [5, 5.41) is 1.03. The molecule has 3 rings (SSSR count). The number of benzene rings is 2. The Morgan fingerprint density at radius 1 is 1.05 bits per heavy atom. The summed E-state index contributed by atoms with van der Waals surface area (Å²) >= 11 is 3.49. The summed E-state index contributed by atoms with van der Waals surface area (Å²) in [5.41, 5.74) is 2.15. The molecule has 1 aromatic heterocycles. The number of hydrogen-bond acceptors (Lipinski definition) is 0. The molecule has 0 amide bonds. The minimum Gasteiger partial charge on any atom is -0.353 e. The molecule has 0 saturated heterocycles. The van der Waals surface area contributed by atoms with Crippen LogP contribution in [0.1, 0.15) is 16.7 Å². The first kappa shape index (κ1) is 14.2. The number of nitrogens with one attached hydrogen (secondary N) is 1. The van der Waals surface area contributed by atoms with E-state index in [0.717, 1.165) is 38.6 Å². The van der Waals surface area contributed by atoms with E-state index in [0.29, 0.717) is 6.42 Å². The zero-order chi connectivity index (χ0) is 15.0. The van der Waals surface area contributed by atoms with Crippen LogP contribution in [0.5, 0.6) is 0 Å². The lowest BCUT2D eigenvalue weighted by Gasteiger charge is -2.09. The molecule has 1 heterocycles. The summed E-state index contributed by atoms with van der Waals surface area (Å²) in [6.07, 6.45) is -0.827. The standard InChI is InChI=1S/C16H10BrF3N/c17-14-6-3-11-7-8-21-15(11)13(14)9-10-1-4-12(5-2-10)16(18,19)20/h1-7,21H,9H2. The first-order valence-electron chi connectivity index (χ1n) is 6.27. The molecule has 0 unspecified atom stereocenters. The largest absolute Gasteiger partial charge is 0.416 e. The fraction of sp³-hybridized carbons (Fsp3) is 0.125. The van der Waals surface area contributed by atoms with Crippen LogP contribution in [0.15, 0.2) is 46.9 Å². The fourth-order valence-corrected chi connectivity index (χ4v) is 2.75. The Labute approximate surface area is 127 Å². The molecule has 0 saturated carbocycles. The summed E-state index contributed by atoms with van der Waals surface area (Å²) in [6.45, 7) is 0. The van der Waals surface area contributed by atoms with Gasteiger partial charge in [-0.1, -0.05) is 34.1 Å². The van der Waals surface area contributed by atoms with Crippen LogP contribution in [0, 0.1) is 6.20 Å². The van der Waals surface area contributed by atoms with Crippen molar-refractivity contribution in [3.8, 4) is 0 Å². The highest BCUT2D eigenvalue weighted by Crippen LogP contribution is 2.31. The maximum absolute atomic E-state index is 12.6. The molecule has 0 bridgehead atoms. The van der Waals surface area contributed by atoms with E-state index in [1.807, 2.05) is 18.2 Å². The molecule has 21 heavy (non-hydrogen) atoms. The van der Waals surface area contributed by atoms with Crippen molar-refractivity contribution in [2.45, 2.75) is 12.6 Å². The molecule has 3 aromatic rings. The van der Waals surface area contributed by atoms with E-state index >= 15 is 0 Å². The second-order valence-electron chi connectivity index (χ2n) is 4.78. The Balaban J connectivity index is 1.95. The van der Waals surface area contributed by atoms with Crippen LogP contribution in [-0.2, 0) is 12.6 Å². The van der Waals surface area contributed by atoms with Crippen molar-refractivity contribution in [3.05, 3.63) is 69.8 Å². The van der Waals surface area contributed by atoms with Gasteiger partial charge in [-0.25, -0.2) is 0 Å². The molecule has 2 aromatic carbocycles. The van der Waals surface area contributed by atoms with Gasteiger partial charge in [0.15, 0.2) is 0 Å². The van der Waals surface area contributed by atoms with Crippen LogP contribution in [0.3, 0.4) is 0 Å². The van der Waals surface area contributed by atoms with Gasteiger partial charge in [0.2, 0.25) is 0 Å². The first-order chi connectivity index (χ1) is 9.95. The highest BCUT2D eigenvalue weighted by molar-refractivity contribution is 9.10. The average molecular weight is 353 g/mol. The van der Waals surface area contributed by atoms with Gasteiger partial charge in [0.05, 0.1) is 17.3 Å². The van der Waals surface area contributed by atoms with Crippen molar-refractivity contribution >= 4 is 26.8 Å². The van der Waals surface area contributed by atoms with E-state index < -0.39 is 11.7 Å². The van der Waals surface area contributed by atoms with Crippen molar-refractivity contribution in [1.29, 1.82) is 0 Å². The molecular weight excluding hydrogens is 343 g/mol. The van der Waals surface area contributed by atoms with E-state index in [1.54, 1.807) is 0 Å². The molecule has 1 nitrogen and oxygen atoms in total. The quantitative estimate of drug-likeness (QED) is 0.640. The van der Waals surface area contributed by atoms with E-state index in [9.17, 15) is 13.2 Å². The maximum Gasteiger partial charge on any atom is 0.416 e. The lowest BCUT2D eigenvalue weighted by Crippen LogP contribution is -2.04. The fourth-order valence-electron chi connectivity index (χ4n) is 2.28. The van der Waals surface area contributed by atoms with Gasteiger partial charge in [0, 0.05) is 16.3 Å². The molecule has 5 heteroatoms. The van der Waals surface area contributed by atoms with Crippen molar-refractivity contribution in [3.63, 3.8) is 0 Å². The summed E-state index contributed by atoms with van der Waals surface area (Å²) in [7, 11) is 0. The van der Waals surface area contributed by atoms with Crippen LogP contribution in [-0.4, -0.2) is 4.98 Å². The van der Waals surface area contributed by atoms with Crippen molar-refractivity contribution in [1.82, 2.24) is 4.98 Å². The number of hydrogen-bond donors (Lipinski definition) is 1. The number of aromatic nitrogens is 1. The zero-order valence-corrected chi connectivity index (χ0v) is 12.3. The molecule has 1 radical (unpaired) electrons. The first-order valence-corrected chi connectivity index (χ1v) is 7.07. The Kier molecular flexibility index (Phi) is 3.53. The lowest BCUT2D eigenvalue weighted by molar-refractivity contribution is -0.137. The van der Waals surface area contributed by atoms with Crippen molar-refractivity contribution in [2.24, 2.45) is 0 Å². The number of H-pyrrole nitrogens is 1. The third-order valence-corrected chi connectivity index (χ3v) is 4.12. The summed E-state index contributed by atoms with van der Waals surface area (Å²) in [6, 6.07) is 11.0. The van der Waals surface area contributed by atoms with E-state index in [4.69, 9.17) is 0 Å². The SMILES string of the molecule is FC(F)(F)c1ccc(Cc2c(Br)ccc3c[c][nH]c23)cc1. The Hall–Kier alpha value is -1.75. The van der Waals surface area contributed by atoms with Gasteiger partial charge >= 0.3 is 6.18 Å². The molecule has 0 aliphatic carbocycles. The molecule has 0 spiro atoms. The van der Waals surface area contributed by atoms with E-state index in [-0.39, 0.29) is 0 Å². The van der Waals surface area contributed by atoms with Crippen LogP contribution >= 0.6 is 15.9 Å². The highest BCUT2D eigenvalue weighted by Gasteiger charge is 2.29. The summed E-state index contributed by atoms with van der Waals surface area (Å²) in [4.78, 5) is 3.05. The van der Waals surface area contributed by atoms with E-state index in [1.165, 1.54) is 12.1 Å². The van der Waals surface area contributed by atoms with Crippen molar-refractivity contribution < 1.29 is 13.2 Å². The molecule has 107 valence electrons. The van der Waals surface area contributed by atoms with Crippen LogP contribution < -0.4 is 0 Å². The van der Waals surface area contributed by atoms with Gasteiger partial charge in [-0.2, -0.15) is 13.2 Å². The van der Waals surface area contributed by atoms with Gasteiger partial charge in [0.25, 0.3) is 0 Å².